The van der Waals surface area contributed by atoms with Crippen LogP contribution in [0.1, 0.15) is 12.8 Å². The van der Waals surface area contributed by atoms with E-state index in [1.54, 1.807) is 0 Å². The van der Waals surface area contributed by atoms with Gasteiger partial charge in [0.25, 0.3) is 0 Å². The van der Waals surface area contributed by atoms with Crippen molar-refractivity contribution >= 4 is 11.9 Å². The normalized spacial score (nSPS) is 17.1. The molecule has 1 amide bonds. The summed E-state index contributed by atoms with van der Waals surface area (Å²) in [4.78, 5) is 21.1. The van der Waals surface area contributed by atoms with Gasteiger partial charge in [-0.15, -0.1) is 0 Å². The molecule has 1 fully saturated rings. The van der Waals surface area contributed by atoms with Crippen LogP contribution in [0, 0.1) is 5.92 Å². The molecule has 1 rings (SSSR count). The van der Waals surface area contributed by atoms with Crippen molar-refractivity contribution in [2.75, 3.05) is 19.8 Å². The number of carbonyl (C=O) groups excluding carboxylic acids is 1. The number of rotatable bonds is 7. The number of nitrogens with one attached hydrogen (secondary N) is 1. The third-order valence-electron chi connectivity index (χ3n) is 2.13. The third kappa shape index (κ3) is 5.34. The van der Waals surface area contributed by atoms with E-state index in [-0.39, 0.29) is 13.2 Å². The van der Waals surface area contributed by atoms with E-state index in [4.69, 9.17) is 5.11 Å². The Morgan fingerprint density at radius 2 is 2.07 bits per heavy atom. The van der Waals surface area contributed by atoms with Crippen LogP contribution in [0.15, 0.2) is 0 Å². The largest absolute Gasteiger partial charge is 0.480 e. The van der Waals surface area contributed by atoms with E-state index < -0.39 is 24.6 Å². The maximum absolute atomic E-state index is 11.0. The van der Waals surface area contributed by atoms with Gasteiger partial charge in [-0.2, -0.15) is 0 Å². The highest BCUT2D eigenvalue weighted by atomic mass is 16.5. The van der Waals surface area contributed by atoms with Crippen LogP contribution in [0.5, 0.6) is 0 Å². The summed E-state index contributed by atoms with van der Waals surface area (Å²) in [5, 5.41) is 20.1. The fourth-order valence-corrected chi connectivity index (χ4v) is 1.15. The van der Waals surface area contributed by atoms with Crippen molar-refractivity contribution in [1.82, 2.24) is 5.32 Å². The first kappa shape index (κ1) is 11.9. The van der Waals surface area contributed by atoms with E-state index in [0.717, 1.165) is 12.8 Å². The van der Waals surface area contributed by atoms with Gasteiger partial charge in [0.1, 0.15) is 13.2 Å². The fraction of sp³-hybridized carbons (Fsp3) is 0.778. The molecule has 1 aliphatic carbocycles. The Hall–Kier alpha value is -1.14. The molecule has 1 unspecified atom stereocenters. The number of carboxylic acids is 1. The molecule has 3 N–H and O–H groups in total. The van der Waals surface area contributed by atoms with Crippen molar-refractivity contribution in [1.29, 1.82) is 0 Å². The highest BCUT2D eigenvalue weighted by molar-refractivity contribution is 5.77. The highest BCUT2D eigenvalue weighted by Crippen LogP contribution is 2.32. The molecule has 6 heteroatoms. The zero-order valence-electron chi connectivity index (χ0n) is 8.31. The van der Waals surface area contributed by atoms with Crippen LogP contribution in [0.4, 0.5) is 0 Å². The van der Waals surface area contributed by atoms with Gasteiger partial charge >= 0.3 is 5.97 Å². The van der Waals surface area contributed by atoms with E-state index in [1.807, 2.05) is 0 Å². The van der Waals surface area contributed by atoms with E-state index in [0.29, 0.717) is 5.92 Å². The Balaban J connectivity index is 2.00. The van der Waals surface area contributed by atoms with Gasteiger partial charge < -0.3 is 20.3 Å². The molecular formula is C9H15NO5. The predicted octanol–water partition coefficient (Wildman–Crippen LogP) is -1.03. The lowest BCUT2D eigenvalue weighted by molar-refractivity contribution is -0.143. The summed E-state index contributed by atoms with van der Waals surface area (Å²) in [5.74, 6) is -1.21. The minimum Gasteiger partial charge on any atom is -0.480 e. The average Bonchev–Trinajstić information content (AvgIpc) is 2.96. The van der Waals surface area contributed by atoms with Gasteiger partial charge in [0.2, 0.25) is 5.91 Å². The fourth-order valence-electron chi connectivity index (χ4n) is 1.15. The van der Waals surface area contributed by atoms with Crippen molar-refractivity contribution in [2.24, 2.45) is 5.92 Å². The first-order valence-electron chi connectivity index (χ1n) is 4.84. The van der Waals surface area contributed by atoms with Crippen LogP contribution in [-0.2, 0) is 14.3 Å². The van der Waals surface area contributed by atoms with Crippen molar-refractivity contribution in [3.05, 3.63) is 0 Å². The summed E-state index contributed by atoms with van der Waals surface area (Å²) in [6, 6.07) is 0. The topological polar surface area (TPSA) is 95.9 Å². The summed E-state index contributed by atoms with van der Waals surface area (Å²) in [5.41, 5.74) is 0. The maximum Gasteiger partial charge on any atom is 0.329 e. The van der Waals surface area contributed by atoms with Gasteiger partial charge in [-0.05, 0) is 18.8 Å². The third-order valence-corrected chi connectivity index (χ3v) is 2.13. The number of aliphatic hydroxyl groups excluding tert-OH is 1. The Kier molecular flexibility index (Phi) is 4.51. The van der Waals surface area contributed by atoms with Crippen LogP contribution in [-0.4, -0.2) is 48.0 Å². The molecule has 0 bridgehead atoms. The van der Waals surface area contributed by atoms with Crippen molar-refractivity contribution in [3.8, 4) is 0 Å². The minimum atomic E-state index is -1.11. The lowest BCUT2D eigenvalue weighted by atomic mass is 10.2. The van der Waals surface area contributed by atoms with Crippen LogP contribution in [0.3, 0.4) is 0 Å². The van der Waals surface area contributed by atoms with Gasteiger partial charge in [-0.25, -0.2) is 4.79 Å². The first-order chi connectivity index (χ1) is 7.09. The molecule has 0 radical (unpaired) electrons. The quantitative estimate of drug-likeness (QED) is 0.507. The zero-order valence-corrected chi connectivity index (χ0v) is 8.31. The number of amides is 1. The van der Waals surface area contributed by atoms with Gasteiger partial charge in [0.05, 0.1) is 6.10 Å². The minimum absolute atomic E-state index is 0.208. The molecular weight excluding hydrogens is 202 g/mol. The first-order valence-corrected chi connectivity index (χ1v) is 4.84. The molecule has 1 atom stereocenters. The average molecular weight is 217 g/mol. The number of aliphatic carboxylic acids is 1. The molecule has 1 saturated carbocycles. The van der Waals surface area contributed by atoms with Gasteiger partial charge in [-0.1, -0.05) is 0 Å². The number of hydrogen-bond donors (Lipinski definition) is 3. The van der Waals surface area contributed by atoms with Crippen LogP contribution >= 0.6 is 0 Å². The molecule has 0 aromatic heterocycles. The van der Waals surface area contributed by atoms with Crippen LogP contribution in [0.25, 0.3) is 0 Å². The SMILES string of the molecule is O=C(O)COCC(=O)NCC(O)C1CC1. The van der Waals surface area contributed by atoms with Gasteiger partial charge in [0.15, 0.2) is 0 Å². The number of carbonyl (C=O) groups is 2. The molecule has 1 aliphatic rings. The summed E-state index contributed by atoms with van der Waals surface area (Å²) >= 11 is 0. The number of ether oxygens (including phenoxy) is 1. The second-order valence-corrected chi connectivity index (χ2v) is 3.60. The lowest BCUT2D eigenvalue weighted by Crippen LogP contribution is -2.35. The molecule has 0 saturated heterocycles. The van der Waals surface area contributed by atoms with E-state index in [1.165, 1.54) is 0 Å². The second kappa shape index (κ2) is 5.67. The van der Waals surface area contributed by atoms with Gasteiger partial charge in [0, 0.05) is 6.54 Å². The van der Waals surface area contributed by atoms with Crippen LogP contribution in [0.2, 0.25) is 0 Å². The Morgan fingerprint density at radius 3 is 2.60 bits per heavy atom. The summed E-state index contributed by atoms with van der Waals surface area (Å²) in [7, 11) is 0. The molecule has 15 heavy (non-hydrogen) atoms. The zero-order chi connectivity index (χ0) is 11.3. The summed E-state index contributed by atoms with van der Waals surface area (Å²) in [6.45, 7) is -0.567. The standard InChI is InChI=1S/C9H15NO5/c11-7(6-1-2-6)3-10-8(12)4-15-5-9(13)14/h6-7,11H,1-5H2,(H,10,12)(H,13,14). The van der Waals surface area contributed by atoms with E-state index in [2.05, 4.69) is 10.1 Å². The number of hydrogen-bond acceptors (Lipinski definition) is 4. The van der Waals surface area contributed by atoms with Crippen molar-refractivity contribution in [3.63, 3.8) is 0 Å². The maximum atomic E-state index is 11.0. The van der Waals surface area contributed by atoms with Crippen LogP contribution < -0.4 is 5.32 Å². The molecule has 0 aliphatic heterocycles. The Morgan fingerprint density at radius 1 is 1.40 bits per heavy atom. The second-order valence-electron chi connectivity index (χ2n) is 3.60. The van der Waals surface area contributed by atoms with Gasteiger partial charge in [-0.3, -0.25) is 4.79 Å². The van der Waals surface area contributed by atoms with E-state index >= 15 is 0 Å². The molecule has 6 nitrogen and oxygen atoms in total. The number of carboxylic acid groups (broad SMARTS) is 1. The van der Waals surface area contributed by atoms with Crippen molar-refractivity contribution in [2.45, 2.75) is 18.9 Å². The molecule has 0 heterocycles. The molecule has 0 spiro atoms. The van der Waals surface area contributed by atoms with Crippen molar-refractivity contribution < 1.29 is 24.5 Å². The van der Waals surface area contributed by atoms with E-state index in [9.17, 15) is 14.7 Å². The summed E-state index contributed by atoms with van der Waals surface area (Å²) < 4.78 is 4.57. The molecule has 0 aromatic carbocycles. The molecule has 86 valence electrons. The monoisotopic (exact) mass is 217 g/mol. The Bertz CT molecular complexity index is 239. The molecule has 0 aromatic rings. The lowest BCUT2D eigenvalue weighted by Gasteiger charge is -2.10. The smallest absolute Gasteiger partial charge is 0.329 e. The predicted molar refractivity (Wildman–Crippen MR) is 50.2 cm³/mol. The highest BCUT2D eigenvalue weighted by Gasteiger charge is 2.29. The number of aliphatic hydroxyl groups is 1. The summed E-state index contributed by atoms with van der Waals surface area (Å²) in [6.07, 6.45) is 1.52. The Labute approximate surface area is 87.2 Å².